The van der Waals surface area contributed by atoms with Crippen molar-refractivity contribution in [3.8, 4) is 0 Å². The minimum absolute atomic E-state index is 0.0106. The van der Waals surface area contributed by atoms with E-state index in [2.05, 4.69) is 0 Å². The Labute approximate surface area is 96.0 Å². The van der Waals surface area contributed by atoms with Crippen LogP contribution in [-0.4, -0.2) is 59.5 Å². The molecular formula is C11H20N2O3. The van der Waals surface area contributed by atoms with Crippen molar-refractivity contribution in [2.75, 3.05) is 20.6 Å². The zero-order chi connectivity index (χ0) is 12.3. The van der Waals surface area contributed by atoms with Gasteiger partial charge in [0.2, 0.25) is 5.91 Å². The van der Waals surface area contributed by atoms with E-state index in [1.165, 1.54) is 0 Å². The maximum Gasteiger partial charge on any atom is 0.304 e. The molecule has 1 saturated heterocycles. The number of likely N-dealkylation sites (N-methyl/N-ethyl adjacent to an activating group) is 1. The van der Waals surface area contributed by atoms with Gasteiger partial charge in [-0.05, 0) is 26.3 Å². The SMILES string of the molecule is CC(C(=O)N(C)C)N1CCCC1CC(=O)O. The number of aliphatic carboxylic acids is 1. The molecule has 1 fully saturated rings. The molecule has 1 aliphatic rings. The molecule has 5 nitrogen and oxygen atoms in total. The fourth-order valence-corrected chi connectivity index (χ4v) is 2.30. The van der Waals surface area contributed by atoms with Crippen molar-refractivity contribution in [1.82, 2.24) is 9.80 Å². The van der Waals surface area contributed by atoms with Crippen LogP contribution in [0.15, 0.2) is 0 Å². The van der Waals surface area contributed by atoms with Crippen LogP contribution < -0.4 is 0 Å². The van der Waals surface area contributed by atoms with E-state index in [1.54, 1.807) is 19.0 Å². The summed E-state index contributed by atoms with van der Waals surface area (Å²) in [4.78, 5) is 26.1. The maximum absolute atomic E-state index is 11.8. The van der Waals surface area contributed by atoms with Gasteiger partial charge < -0.3 is 10.0 Å². The molecule has 16 heavy (non-hydrogen) atoms. The highest BCUT2D eigenvalue weighted by Gasteiger charge is 2.33. The molecule has 0 aromatic rings. The molecule has 0 radical (unpaired) electrons. The predicted octanol–water partition coefficient (Wildman–Crippen LogP) is 0.402. The Bertz CT molecular complexity index is 278. The molecule has 1 amide bonds. The number of carbonyl (C=O) groups is 2. The minimum Gasteiger partial charge on any atom is -0.481 e. The summed E-state index contributed by atoms with van der Waals surface area (Å²) < 4.78 is 0. The van der Waals surface area contributed by atoms with Crippen LogP contribution in [0.2, 0.25) is 0 Å². The van der Waals surface area contributed by atoms with Gasteiger partial charge in [-0.25, -0.2) is 0 Å². The molecule has 0 aromatic heterocycles. The van der Waals surface area contributed by atoms with Gasteiger partial charge in [0.1, 0.15) is 0 Å². The van der Waals surface area contributed by atoms with E-state index < -0.39 is 5.97 Å². The average Bonchev–Trinajstić information content (AvgIpc) is 2.62. The Morgan fingerprint density at radius 1 is 1.50 bits per heavy atom. The lowest BCUT2D eigenvalue weighted by Crippen LogP contribution is -2.47. The van der Waals surface area contributed by atoms with E-state index in [1.807, 2.05) is 11.8 Å². The van der Waals surface area contributed by atoms with Crippen molar-refractivity contribution in [2.24, 2.45) is 0 Å². The smallest absolute Gasteiger partial charge is 0.304 e. The third-order valence-electron chi connectivity index (χ3n) is 3.13. The van der Waals surface area contributed by atoms with E-state index >= 15 is 0 Å². The number of likely N-dealkylation sites (tertiary alicyclic amines) is 1. The van der Waals surface area contributed by atoms with Crippen LogP contribution in [0.5, 0.6) is 0 Å². The second-order valence-corrected chi connectivity index (χ2v) is 4.54. The molecule has 1 heterocycles. The Kier molecular flexibility index (Phi) is 4.29. The van der Waals surface area contributed by atoms with Crippen LogP contribution in [0.3, 0.4) is 0 Å². The first-order valence-electron chi connectivity index (χ1n) is 5.62. The van der Waals surface area contributed by atoms with Crippen molar-refractivity contribution in [1.29, 1.82) is 0 Å². The number of carboxylic acid groups (broad SMARTS) is 1. The summed E-state index contributed by atoms with van der Waals surface area (Å²) in [5, 5.41) is 8.80. The van der Waals surface area contributed by atoms with Crippen LogP contribution in [0.25, 0.3) is 0 Å². The zero-order valence-corrected chi connectivity index (χ0v) is 10.1. The molecule has 2 atom stereocenters. The number of rotatable bonds is 4. The van der Waals surface area contributed by atoms with Crippen molar-refractivity contribution < 1.29 is 14.7 Å². The van der Waals surface area contributed by atoms with Crippen LogP contribution in [0.1, 0.15) is 26.2 Å². The average molecular weight is 228 g/mol. The van der Waals surface area contributed by atoms with Gasteiger partial charge in [-0.15, -0.1) is 0 Å². The van der Waals surface area contributed by atoms with Gasteiger partial charge >= 0.3 is 5.97 Å². The quantitative estimate of drug-likeness (QED) is 0.756. The number of hydrogen-bond acceptors (Lipinski definition) is 3. The molecule has 0 spiro atoms. The number of amides is 1. The number of hydrogen-bond donors (Lipinski definition) is 1. The topological polar surface area (TPSA) is 60.9 Å². The third kappa shape index (κ3) is 2.95. The van der Waals surface area contributed by atoms with Gasteiger partial charge in [0, 0.05) is 20.1 Å². The summed E-state index contributed by atoms with van der Waals surface area (Å²) in [5.74, 6) is -0.751. The first kappa shape index (κ1) is 13.0. The van der Waals surface area contributed by atoms with Crippen LogP contribution in [0, 0.1) is 0 Å². The van der Waals surface area contributed by atoms with Crippen molar-refractivity contribution in [3.63, 3.8) is 0 Å². The Morgan fingerprint density at radius 2 is 2.12 bits per heavy atom. The van der Waals surface area contributed by atoms with Gasteiger partial charge in [0.25, 0.3) is 0 Å². The highest BCUT2D eigenvalue weighted by atomic mass is 16.4. The van der Waals surface area contributed by atoms with Gasteiger partial charge in [-0.3, -0.25) is 14.5 Å². The summed E-state index contributed by atoms with van der Waals surface area (Å²) in [5.41, 5.74) is 0. The van der Waals surface area contributed by atoms with Crippen LogP contribution >= 0.6 is 0 Å². The zero-order valence-electron chi connectivity index (χ0n) is 10.1. The largest absolute Gasteiger partial charge is 0.481 e. The van der Waals surface area contributed by atoms with Crippen LogP contribution in [0.4, 0.5) is 0 Å². The first-order chi connectivity index (χ1) is 7.43. The molecule has 1 rings (SSSR count). The van der Waals surface area contributed by atoms with E-state index in [0.717, 1.165) is 19.4 Å². The minimum atomic E-state index is -0.790. The molecule has 0 bridgehead atoms. The van der Waals surface area contributed by atoms with Gasteiger partial charge in [0.15, 0.2) is 0 Å². The lowest BCUT2D eigenvalue weighted by atomic mass is 10.1. The number of carboxylic acids is 1. The summed E-state index contributed by atoms with van der Waals surface area (Å²) >= 11 is 0. The van der Waals surface area contributed by atoms with E-state index in [9.17, 15) is 9.59 Å². The van der Waals surface area contributed by atoms with Crippen molar-refractivity contribution in [2.45, 2.75) is 38.3 Å². The van der Waals surface area contributed by atoms with Gasteiger partial charge in [-0.1, -0.05) is 0 Å². The van der Waals surface area contributed by atoms with Crippen molar-refractivity contribution in [3.05, 3.63) is 0 Å². The van der Waals surface area contributed by atoms with E-state index in [-0.39, 0.29) is 24.4 Å². The molecule has 92 valence electrons. The number of carbonyl (C=O) groups excluding carboxylic acids is 1. The lowest BCUT2D eigenvalue weighted by Gasteiger charge is -2.30. The summed E-state index contributed by atoms with van der Waals surface area (Å²) in [6, 6.07) is -0.210. The predicted molar refractivity (Wildman–Crippen MR) is 60.1 cm³/mol. The molecule has 0 saturated carbocycles. The molecule has 5 heteroatoms. The van der Waals surface area contributed by atoms with Gasteiger partial charge in [0.05, 0.1) is 12.5 Å². The first-order valence-corrected chi connectivity index (χ1v) is 5.62. The number of nitrogens with zero attached hydrogens (tertiary/aromatic N) is 2. The Morgan fingerprint density at radius 3 is 2.62 bits per heavy atom. The molecular weight excluding hydrogens is 208 g/mol. The van der Waals surface area contributed by atoms with Crippen LogP contribution in [-0.2, 0) is 9.59 Å². The second-order valence-electron chi connectivity index (χ2n) is 4.54. The second kappa shape index (κ2) is 5.30. The van der Waals surface area contributed by atoms with Crippen molar-refractivity contribution >= 4 is 11.9 Å². The third-order valence-corrected chi connectivity index (χ3v) is 3.13. The Balaban J connectivity index is 2.63. The van der Waals surface area contributed by atoms with E-state index in [0.29, 0.717) is 0 Å². The van der Waals surface area contributed by atoms with E-state index in [4.69, 9.17) is 5.11 Å². The molecule has 2 unspecified atom stereocenters. The Hall–Kier alpha value is -1.10. The maximum atomic E-state index is 11.8. The van der Waals surface area contributed by atoms with Gasteiger partial charge in [-0.2, -0.15) is 0 Å². The fraction of sp³-hybridized carbons (Fsp3) is 0.818. The lowest BCUT2D eigenvalue weighted by molar-refractivity contribution is -0.140. The standard InChI is InChI=1S/C11H20N2O3/c1-8(11(16)12(2)3)13-6-4-5-9(13)7-10(14)15/h8-9H,4-7H2,1-3H3,(H,14,15). The summed E-state index contributed by atoms with van der Waals surface area (Å²) in [7, 11) is 3.45. The molecule has 1 N–H and O–H groups in total. The normalized spacial score (nSPS) is 23.1. The monoisotopic (exact) mass is 228 g/mol. The molecule has 0 aromatic carbocycles. The highest BCUT2D eigenvalue weighted by molar-refractivity contribution is 5.81. The highest BCUT2D eigenvalue weighted by Crippen LogP contribution is 2.23. The molecule has 1 aliphatic heterocycles. The fourth-order valence-electron chi connectivity index (χ4n) is 2.30. The molecule has 0 aliphatic carbocycles. The summed E-state index contributed by atoms with van der Waals surface area (Å²) in [6.07, 6.45) is 1.98. The summed E-state index contributed by atoms with van der Waals surface area (Å²) in [6.45, 7) is 2.67.